The Kier molecular flexibility index (Phi) is 4.78. The first kappa shape index (κ1) is 16.3. The summed E-state index contributed by atoms with van der Waals surface area (Å²) in [5, 5.41) is 12.0. The van der Waals surface area contributed by atoms with Crippen LogP contribution in [0.2, 0.25) is 0 Å². The van der Waals surface area contributed by atoms with Gasteiger partial charge in [0.05, 0.1) is 6.61 Å². The minimum atomic E-state index is -0.208. The number of aromatic nitrogens is 2. The number of rotatable bonds is 3. The van der Waals surface area contributed by atoms with Crippen LogP contribution < -0.4 is 15.0 Å². The highest BCUT2D eigenvalue weighted by Gasteiger charge is 2.26. The first-order valence-corrected chi connectivity index (χ1v) is 9.00. The smallest absolute Gasteiger partial charge is 0.151 e. The second-order valence-electron chi connectivity index (χ2n) is 6.76. The van der Waals surface area contributed by atoms with Crippen molar-refractivity contribution in [1.29, 1.82) is 0 Å². The highest BCUT2D eigenvalue weighted by Crippen LogP contribution is 2.33. The van der Waals surface area contributed by atoms with Gasteiger partial charge in [-0.2, -0.15) is 5.10 Å². The molecule has 1 aromatic carbocycles. The van der Waals surface area contributed by atoms with Crippen molar-refractivity contribution in [2.75, 3.05) is 24.6 Å². The molecule has 1 saturated heterocycles. The molecule has 132 valence electrons. The van der Waals surface area contributed by atoms with E-state index in [-0.39, 0.29) is 11.9 Å². The number of hydrogen-bond acceptors (Lipinski definition) is 5. The lowest BCUT2D eigenvalue weighted by Gasteiger charge is -2.36. The number of benzene rings is 1. The topological polar surface area (TPSA) is 50.3 Å². The van der Waals surface area contributed by atoms with Crippen LogP contribution in [0.25, 0.3) is 0 Å². The van der Waals surface area contributed by atoms with Crippen molar-refractivity contribution >= 4 is 5.82 Å². The van der Waals surface area contributed by atoms with Crippen LogP contribution in [0.4, 0.5) is 10.2 Å². The Morgan fingerprint density at radius 3 is 3.04 bits per heavy atom. The number of fused-ring (bicyclic) bond motifs is 1. The van der Waals surface area contributed by atoms with Gasteiger partial charge in [0.25, 0.3) is 0 Å². The Morgan fingerprint density at radius 1 is 1.20 bits per heavy atom. The van der Waals surface area contributed by atoms with E-state index in [9.17, 15) is 4.39 Å². The Balaban J connectivity index is 1.49. The van der Waals surface area contributed by atoms with Crippen LogP contribution in [0.15, 0.2) is 36.5 Å². The van der Waals surface area contributed by atoms with E-state index in [2.05, 4.69) is 20.4 Å². The average Bonchev–Trinajstić information content (AvgIpc) is 2.85. The van der Waals surface area contributed by atoms with E-state index < -0.39 is 0 Å². The van der Waals surface area contributed by atoms with Crippen LogP contribution in [-0.4, -0.2) is 35.9 Å². The molecule has 5 nitrogen and oxygen atoms in total. The fourth-order valence-electron chi connectivity index (χ4n) is 3.79. The average molecular weight is 342 g/mol. The summed E-state index contributed by atoms with van der Waals surface area (Å²) in [5.74, 6) is 1.52. The summed E-state index contributed by atoms with van der Waals surface area (Å²) in [6, 6.07) is 9.21. The Hall–Kier alpha value is -2.21. The molecule has 0 radical (unpaired) electrons. The van der Waals surface area contributed by atoms with Crippen molar-refractivity contribution in [3.05, 3.63) is 47.9 Å². The molecule has 3 heterocycles. The Morgan fingerprint density at radius 2 is 2.16 bits per heavy atom. The predicted octanol–water partition coefficient (Wildman–Crippen LogP) is 3.09. The predicted molar refractivity (Wildman–Crippen MR) is 94.3 cm³/mol. The molecule has 0 amide bonds. The Bertz CT molecular complexity index is 712. The minimum Gasteiger partial charge on any atom is -0.493 e. The largest absolute Gasteiger partial charge is 0.493 e. The second-order valence-corrected chi connectivity index (χ2v) is 6.76. The van der Waals surface area contributed by atoms with Crippen molar-refractivity contribution in [2.45, 2.75) is 37.8 Å². The molecule has 1 fully saturated rings. The highest BCUT2D eigenvalue weighted by atomic mass is 19.1. The zero-order valence-corrected chi connectivity index (χ0v) is 14.2. The van der Waals surface area contributed by atoms with Crippen LogP contribution in [0, 0.1) is 5.82 Å². The molecule has 0 saturated carbocycles. The molecule has 4 rings (SSSR count). The molecule has 0 spiro atoms. The van der Waals surface area contributed by atoms with Gasteiger partial charge in [0, 0.05) is 36.9 Å². The zero-order chi connectivity index (χ0) is 17.1. The zero-order valence-electron chi connectivity index (χ0n) is 14.2. The van der Waals surface area contributed by atoms with Crippen LogP contribution in [0.3, 0.4) is 0 Å². The lowest BCUT2D eigenvalue weighted by molar-refractivity contribution is 0.312. The molecule has 2 aliphatic heterocycles. The minimum absolute atomic E-state index is 0.125. The van der Waals surface area contributed by atoms with Gasteiger partial charge in [0.15, 0.2) is 5.82 Å². The SMILES string of the molecule is Fc1ccc2c(c1)[C@@H](N[C@@H]1CCCN(c3cccnn3)C1)CCCO2. The van der Waals surface area contributed by atoms with Crippen LogP contribution in [0.1, 0.15) is 37.3 Å². The van der Waals surface area contributed by atoms with Crippen molar-refractivity contribution in [3.8, 4) is 5.75 Å². The molecular weight excluding hydrogens is 319 g/mol. The fourth-order valence-corrected chi connectivity index (χ4v) is 3.79. The summed E-state index contributed by atoms with van der Waals surface area (Å²) in [6.45, 7) is 2.57. The van der Waals surface area contributed by atoms with Gasteiger partial charge in [-0.25, -0.2) is 4.39 Å². The molecule has 6 heteroatoms. The maximum Gasteiger partial charge on any atom is 0.151 e. The van der Waals surface area contributed by atoms with Crippen molar-refractivity contribution < 1.29 is 9.13 Å². The monoisotopic (exact) mass is 342 g/mol. The van der Waals surface area contributed by atoms with Gasteiger partial charge in [0.1, 0.15) is 11.6 Å². The molecule has 1 aromatic heterocycles. The van der Waals surface area contributed by atoms with E-state index in [1.54, 1.807) is 18.3 Å². The number of piperidine rings is 1. The van der Waals surface area contributed by atoms with E-state index in [4.69, 9.17) is 4.74 Å². The second kappa shape index (κ2) is 7.35. The molecular formula is C19H23FN4O. The molecule has 2 atom stereocenters. The van der Waals surface area contributed by atoms with Crippen LogP contribution >= 0.6 is 0 Å². The summed E-state index contributed by atoms with van der Waals surface area (Å²) in [5.41, 5.74) is 0.939. The van der Waals surface area contributed by atoms with Gasteiger partial charge in [-0.1, -0.05) is 0 Å². The third kappa shape index (κ3) is 3.74. The molecule has 1 N–H and O–H groups in total. The summed E-state index contributed by atoms with van der Waals surface area (Å²) < 4.78 is 19.5. The molecule has 0 unspecified atom stereocenters. The first-order valence-electron chi connectivity index (χ1n) is 9.00. The number of anilines is 1. The van der Waals surface area contributed by atoms with Gasteiger partial charge in [0.2, 0.25) is 0 Å². The van der Waals surface area contributed by atoms with E-state index in [1.807, 2.05) is 12.1 Å². The van der Waals surface area contributed by atoms with Gasteiger partial charge in [-0.3, -0.25) is 0 Å². The van der Waals surface area contributed by atoms with Gasteiger partial charge >= 0.3 is 0 Å². The van der Waals surface area contributed by atoms with Crippen molar-refractivity contribution in [3.63, 3.8) is 0 Å². The number of hydrogen-bond donors (Lipinski definition) is 1. The molecule has 2 aliphatic rings. The molecule has 0 aliphatic carbocycles. The van der Waals surface area contributed by atoms with Crippen molar-refractivity contribution in [2.24, 2.45) is 0 Å². The normalized spacial score (nSPS) is 23.5. The van der Waals surface area contributed by atoms with E-state index >= 15 is 0 Å². The van der Waals surface area contributed by atoms with Gasteiger partial charge in [-0.15, -0.1) is 5.10 Å². The summed E-state index contributed by atoms with van der Waals surface area (Å²) in [6.07, 6.45) is 5.83. The standard InChI is InChI=1S/C19H23FN4O/c20-14-7-8-18-16(12-14)17(5-3-11-25-18)22-15-4-2-10-24(13-15)19-6-1-9-21-23-19/h1,6-9,12,15,17,22H,2-5,10-11,13H2/t15-,17+/m1/s1. The molecule has 25 heavy (non-hydrogen) atoms. The van der Waals surface area contributed by atoms with Crippen molar-refractivity contribution in [1.82, 2.24) is 15.5 Å². The quantitative estimate of drug-likeness (QED) is 0.929. The number of nitrogens with zero attached hydrogens (tertiary/aromatic N) is 3. The summed E-state index contributed by atoms with van der Waals surface area (Å²) in [7, 11) is 0. The third-order valence-electron chi connectivity index (χ3n) is 4.98. The van der Waals surface area contributed by atoms with Gasteiger partial charge < -0.3 is 15.0 Å². The van der Waals surface area contributed by atoms with Crippen LogP contribution in [0.5, 0.6) is 5.75 Å². The maximum atomic E-state index is 13.8. The maximum absolute atomic E-state index is 13.8. The highest BCUT2D eigenvalue weighted by molar-refractivity contribution is 5.39. The van der Waals surface area contributed by atoms with Crippen LogP contribution in [-0.2, 0) is 0 Å². The number of ether oxygens (including phenoxy) is 1. The Labute approximate surface area is 147 Å². The molecule has 0 bridgehead atoms. The summed E-state index contributed by atoms with van der Waals surface area (Å²) in [4.78, 5) is 2.27. The lowest BCUT2D eigenvalue weighted by atomic mass is 9.98. The number of nitrogens with one attached hydrogen (secondary N) is 1. The number of halogens is 1. The third-order valence-corrected chi connectivity index (χ3v) is 4.98. The first-order chi connectivity index (χ1) is 12.3. The lowest BCUT2D eigenvalue weighted by Crippen LogP contribution is -2.47. The fraction of sp³-hybridized carbons (Fsp3) is 0.474. The summed E-state index contributed by atoms with van der Waals surface area (Å²) >= 11 is 0. The molecule has 2 aromatic rings. The van der Waals surface area contributed by atoms with Gasteiger partial charge in [-0.05, 0) is 56.0 Å². The van der Waals surface area contributed by atoms with E-state index in [1.165, 1.54) is 6.07 Å². The van der Waals surface area contributed by atoms with E-state index in [0.717, 1.165) is 55.9 Å². The van der Waals surface area contributed by atoms with E-state index in [0.29, 0.717) is 12.6 Å².